The van der Waals surface area contributed by atoms with E-state index < -0.39 is 5.92 Å². The topological polar surface area (TPSA) is 85.7 Å². The van der Waals surface area contributed by atoms with Crippen LogP contribution in [0.5, 0.6) is 0 Å². The Morgan fingerprint density at radius 2 is 1.96 bits per heavy atom. The lowest BCUT2D eigenvalue weighted by Gasteiger charge is -2.34. The van der Waals surface area contributed by atoms with Crippen molar-refractivity contribution in [2.45, 2.75) is 32.2 Å². The average Bonchev–Trinajstić information content (AvgIpc) is 3.12. The van der Waals surface area contributed by atoms with Crippen LogP contribution in [0, 0.1) is 35.5 Å². The normalized spacial score (nSPS) is 15.9. The van der Waals surface area contributed by atoms with Gasteiger partial charge in [-0.1, -0.05) is 12.1 Å². The Morgan fingerprint density at radius 3 is 2.50 bits per heavy atom. The van der Waals surface area contributed by atoms with Crippen molar-refractivity contribution in [3.05, 3.63) is 53.6 Å². The van der Waals surface area contributed by atoms with Crippen LogP contribution in [0.25, 0.3) is 0 Å². The molecule has 2 heterocycles. The van der Waals surface area contributed by atoms with E-state index in [1.54, 1.807) is 17.0 Å². The Labute approximate surface area is 153 Å². The predicted molar refractivity (Wildman–Crippen MR) is 95.8 cm³/mol. The molecule has 1 aliphatic heterocycles. The molecule has 1 aliphatic rings. The molecule has 0 aliphatic carbocycles. The molecular weight excluding hydrogens is 326 g/mol. The molecule has 1 unspecified atom stereocenters. The fraction of sp³-hybridized carbons (Fsp3) is 0.400. The number of imidazole rings is 1. The summed E-state index contributed by atoms with van der Waals surface area (Å²) in [5.74, 6) is -0.785. The fourth-order valence-electron chi connectivity index (χ4n) is 3.48. The van der Waals surface area contributed by atoms with Crippen LogP contribution in [0.3, 0.4) is 0 Å². The summed E-state index contributed by atoms with van der Waals surface area (Å²) in [7, 11) is 0. The molecule has 26 heavy (non-hydrogen) atoms. The number of rotatable bonds is 4. The van der Waals surface area contributed by atoms with Crippen molar-refractivity contribution in [1.82, 2.24) is 14.5 Å². The average molecular weight is 347 g/mol. The van der Waals surface area contributed by atoms with Gasteiger partial charge in [0.1, 0.15) is 5.92 Å². The molecule has 0 bridgehead atoms. The van der Waals surface area contributed by atoms with Gasteiger partial charge in [0, 0.05) is 31.0 Å². The number of nitrogens with zero attached hydrogens (tertiary/aromatic N) is 5. The summed E-state index contributed by atoms with van der Waals surface area (Å²) in [6, 6.07) is 11.6. The van der Waals surface area contributed by atoms with Gasteiger partial charge in [0.15, 0.2) is 0 Å². The van der Waals surface area contributed by atoms with Crippen LogP contribution in [-0.4, -0.2) is 33.4 Å². The third kappa shape index (κ3) is 3.75. The Bertz CT molecular complexity index is 848. The summed E-state index contributed by atoms with van der Waals surface area (Å²) in [5, 5.41) is 18.3. The Balaban J connectivity index is 1.60. The van der Waals surface area contributed by atoms with Gasteiger partial charge in [-0.25, -0.2) is 4.98 Å². The first-order valence-electron chi connectivity index (χ1n) is 8.78. The number of hydrogen-bond acceptors (Lipinski definition) is 4. The van der Waals surface area contributed by atoms with E-state index in [4.69, 9.17) is 5.26 Å². The number of aromatic nitrogens is 2. The highest BCUT2D eigenvalue weighted by Gasteiger charge is 2.29. The summed E-state index contributed by atoms with van der Waals surface area (Å²) < 4.78 is 2.17. The zero-order valence-electron chi connectivity index (χ0n) is 14.8. The SMILES string of the molecule is Cc1cncn1C1CCN(C(=O)C(C#N)Cc2ccc(C#N)cc2)CC1. The molecule has 1 aromatic heterocycles. The number of likely N-dealkylation sites (tertiary alicyclic amines) is 1. The van der Waals surface area contributed by atoms with Crippen molar-refractivity contribution >= 4 is 5.91 Å². The first-order valence-corrected chi connectivity index (χ1v) is 8.78. The number of piperidine rings is 1. The monoisotopic (exact) mass is 347 g/mol. The van der Waals surface area contributed by atoms with Crippen molar-refractivity contribution in [2.75, 3.05) is 13.1 Å². The molecule has 6 heteroatoms. The molecule has 0 saturated carbocycles. The molecule has 1 fully saturated rings. The number of amides is 1. The van der Waals surface area contributed by atoms with Gasteiger partial charge in [-0.3, -0.25) is 4.79 Å². The maximum Gasteiger partial charge on any atom is 0.240 e. The lowest BCUT2D eigenvalue weighted by Crippen LogP contribution is -2.42. The van der Waals surface area contributed by atoms with Gasteiger partial charge in [0.05, 0.1) is 24.0 Å². The second-order valence-corrected chi connectivity index (χ2v) is 6.69. The van der Waals surface area contributed by atoms with Crippen LogP contribution >= 0.6 is 0 Å². The summed E-state index contributed by atoms with van der Waals surface area (Å²) >= 11 is 0. The lowest BCUT2D eigenvalue weighted by molar-refractivity contribution is -0.135. The third-order valence-corrected chi connectivity index (χ3v) is 5.01. The maximum atomic E-state index is 12.7. The van der Waals surface area contributed by atoms with Crippen LogP contribution < -0.4 is 0 Å². The highest BCUT2D eigenvalue weighted by molar-refractivity contribution is 5.81. The fourth-order valence-corrected chi connectivity index (χ4v) is 3.48. The minimum atomic E-state index is -0.686. The summed E-state index contributed by atoms with van der Waals surface area (Å²) in [6.45, 7) is 3.35. The van der Waals surface area contributed by atoms with Crippen LogP contribution in [0.4, 0.5) is 0 Å². The predicted octanol–water partition coefficient (Wildman–Crippen LogP) is 2.61. The Hall–Kier alpha value is -3.12. The van der Waals surface area contributed by atoms with E-state index in [2.05, 4.69) is 21.7 Å². The first kappa shape index (κ1) is 17.7. The Morgan fingerprint density at radius 1 is 1.27 bits per heavy atom. The zero-order valence-corrected chi connectivity index (χ0v) is 14.8. The van der Waals surface area contributed by atoms with E-state index in [-0.39, 0.29) is 5.91 Å². The van der Waals surface area contributed by atoms with E-state index in [9.17, 15) is 10.1 Å². The highest BCUT2D eigenvalue weighted by atomic mass is 16.2. The molecule has 1 atom stereocenters. The second kappa shape index (κ2) is 7.84. The largest absolute Gasteiger partial charge is 0.341 e. The van der Waals surface area contributed by atoms with E-state index in [1.165, 1.54) is 0 Å². The van der Waals surface area contributed by atoms with Crippen molar-refractivity contribution in [3.8, 4) is 12.1 Å². The van der Waals surface area contributed by atoms with Crippen molar-refractivity contribution in [3.63, 3.8) is 0 Å². The maximum absolute atomic E-state index is 12.7. The van der Waals surface area contributed by atoms with Crippen molar-refractivity contribution in [1.29, 1.82) is 10.5 Å². The van der Waals surface area contributed by atoms with E-state index in [0.717, 1.165) is 24.1 Å². The van der Waals surface area contributed by atoms with Gasteiger partial charge in [-0.05, 0) is 43.9 Å². The van der Waals surface area contributed by atoms with E-state index in [1.807, 2.05) is 31.6 Å². The van der Waals surface area contributed by atoms with E-state index in [0.29, 0.717) is 31.1 Å². The van der Waals surface area contributed by atoms with Gasteiger partial charge in [-0.2, -0.15) is 10.5 Å². The quantitative estimate of drug-likeness (QED) is 0.851. The standard InChI is InChI=1S/C20H21N5O/c1-15-13-23-14-25(15)19-6-8-24(9-7-19)20(26)18(12-22)10-16-2-4-17(11-21)5-3-16/h2-5,13-14,18-19H,6-10H2,1H3. The molecule has 3 rings (SSSR count). The van der Waals surface area contributed by atoms with Gasteiger partial charge >= 0.3 is 0 Å². The van der Waals surface area contributed by atoms with Crippen molar-refractivity contribution in [2.24, 2.45) is 5.92 Å². The molecule has 6 nitrogen and oxygen atoms in total. The van der Waals surface area contributed by atoms with Crippen LogP contribution in [0.2, 0.25) is 0 Å². The van der Waals surface area contributed by atoms with Crippen LogP contribution in [0.1, 0.15) is 35.7 Å². The summed E-state index contributed by atoms with van der Waals surface area (Å²) in [6.07, 6.45) is 5.82. The molecule has 132 valence electrons. The van der Waals surface area contributed by atoms with Crippen molar-refractivity contribution < 1.29 is 4.79 Å². The Kier molecular flexibility index (Phi) is 5.34. The number of carbonyl (C=O) groups is 1. The third-order valence-electron chi connectivity index (χ3n) is 5.01. The number of hydrogen-bond donors (Lipinski definition) is 0. The zero-order chi connectivity index (χ0) is 18.5. The minimum Gasteiger partial charge on any atom is -0.341 e. The minimum absolute atomic E-state index is 0.0994. The molecule has 2 aromatic rings. The number of aryl methyl sites for hydroxylation is 1. The number of nitriles is 2. The summed E-state index contributed by atoms with van der Waals surface area (Å²) in [4.78, 5) is 18.7. The van der Waals surface area contributed by atoms with Gasteiger partial charge < -0.3 is 9.47 Å². The highest BCUT2D eigenvalue weighted by Crippen LogP contribution is 2.25. The van der Waals surface area contributed by atoms with Gasteiger partial charge in [-0.15, -0.1) is 0 Å². The molecule has 1 amide bonds. The van der Waals surface area contributed by atoms with Crippen LogP contribution in [0.15, 0.2) is 36.8 Å². The molecule has 1 aromatic carbocycles. The number of carbonyl (C=O) groups excluding carboxylic acids is 1. The molecular formula is C20H21N5O. The molecule has 0 N–H and O–H groups in total. The smallest absolute Gasteiger partial charge is 0.240 e. The van der Waals surface area contributed by atoms with Crippen LogP contribution in [-0.2, 0) is 11.2 Å². The van der Waals surface area contributed by atoms with Gasteiger partial charge in [0.2, 0.25) is 5.91 Å². The second-order valence-electron chi connectivity index (χ2n) is 6.69. The number of benzene rings is 1. The first-order chi connectivity index (χ1) is 12.6. The molecule has 1 saturated heterocycles. The molecule has 0 radical (unpaired) electrons. The molecule has 0 spiro atoms. The van der Waals surface area contributed by atoms with Gasteiger partial charge in [0.25, 0.3) is 0 Å². The summed E-state index contributed by atoms with van der Waals surface area (Å²) in [5.41, 5.74) is 2.60. The van der Waals surface area contributed by atoms with E-state index >= 15 is 0 Å². The lowest BCUT2D eigenvalue weighted by atomic mass is 9.96.